The molecule has 6 nitrogen and oxygen atoms in total. The van der Waals surface area contributed by atoms with E-state index in [2.05, 4.69) is 24.1 Å². The number of carbonyl (C=O) groups excluding carboxylic acids is 1. The molecule has 0 bridgehead atoms. The van der Waals surface area contributed by atoms with Gasteiger partial charge in [-0.2, -0.15) is 0 Å². The number of hydrogen-bond acceptors (Lipinski definition) is 3. The SMILES string of the molecule is CCC(CC(=O)O)NC(=O)N1CCN(C(C)CC)CC1. The van der Waals surface area contributed by atoms with E-state index in [4.69, 9.17) is 5.11 Å². The Kier molecular flexibility index (Phi) is 6.78. The zero-order chi connectivity index (χ0) is 15.1. The number of amides is 2. The van der Waals surface area contributed by atoms with Gasteiger partial charge in [-0.1, -0.05) is 13.8 Å². The number of carbonyl (C=O) groups is 2. The second-order valence-electron chi connectivity index (χ2n) is 5.43. The van der Waals surface area contributed by atoms with E-state index in [0.717, 1.165) is 19.5 Å². The Bertz CT molecular complexity index is 328. The van der Waals surface area contributed by atoms with Gasteiger partial charge in [0.2, 0.25) is 0 Å². The minimum Gasteiger partial charge on any atom is -0.481 e. The largest absolute Gasteiger partial charge is 0.481 e. The molecule has 0 aromatic heterocycles. The fourth-order valence-corrected chi connectivity index (χ4v) is 2.40. The molecule has 2 atom stereocenters. The standard InChI is InChI=1S/C14H27N3O3/c1-4-11(3)16-6-8-17(9-7-16)14(20)15-12(5-2)10-13(18)19/h11-12H,4-10H2,1-3H3,(H,15,20)(H,18,19). The average Bonchev–Trinajstić information content (AvgIpc) is 2.45. The van der Waals surface area contributed by atoms with Crippen LogP contribution in [0.25, 0.3) is 0 Å². The van der Waals surface area contributed by atoms with E-state index in [-0.39, 0.29) is 18.5 Å². The van der Waals surface area contributed by atoms with Crippen molar-refractivity contribution >= 4 is 12.0 Å². The molecule has 1 heterocycles. The molecule has 0 spiro atoms. The number of aliphatic carboxylic acids is 1. The first-order valence-corrected chi connectivity index (χ1v) is 7.49. The Morgan fingerprint density at radius 2 is 1.75 bits per heavy atom. The maximum atomic E-state index is 12.1. The zero-order valence-corrected chi connectivity index (χ0v) is 12.8. The summed E-state index contributed by atoms with van der Waals surface area (Å²) in [6.07, 6.45) is 1.72. The molecule has 0 aromatic rings. The fourth-order valence-electron chi connectivity index (χ4n) is 2.40. The van der Waals surface area contributed by atoms with Gasteiger partial charge in [0, 0.05) is 38.3 Å². The van der Waals surface area contributed by atoms with Gasteiger partial charge in [-0.25, -0.2) is 4.79 Å². The normalized spacial score (nSPS) is 19.4. The summed E-state index contributed by atoms with van der Waals surface area (Å²) in [5, 5.41) is 11.6. The van der Waals surface area contributed by atoms with Crippen molar-refractivity contribution in [1.29, 1.82) is 0 Å². The van der Waals surface area contributed by atoms with Crippen LogP contribution in [-0.4, -0.2) is 65.2 Å². The molecule has 1 aliphatic rings. The highest BCUT2D eigenvalue weighted by Gasteiger charge is 2.24. The third-order valence-electron chi connectivity index (χ3n) is 4.06. The smallest absolute Gasteiger partial charge is 0.317 e. The molecule has 6 heteroatoms. The van der Waals surface area contributed by atoms with Gasteiger partial charge in [0.1, 0.15) is 0 Å². The van der Waals surface area contributed by atoms with Crippen molar-refractivity contribution in [3.8, 4) is 0 Å². The summed E-state index contributed by atoms with van der Waals surface area (Å²) in [6.45, 7) is 9.45. The summed E-state index contributed by atoms with van der Waals surface area (Å²) in [5.74, 6) is -0.876. The minimum absolute atomic E-state index is 0.0188. The van der Waals surface area contributed by atoms with Gasteiger partial charge in [0.05, 0.1) is 6.42 Å². The Balaban J connectivity index is 2.40. The predicted octanol–water partition coefficient (Wildman–Crippen LogP) is 1.37. The summed E-state index contributed by atoms with van der Waals surface area (Å²) in [5.41, 5.74) is 0. The van der Waals surface area contributed by atoms with Crippen molar-refractivity contribution in [2.24, 2.45) is 0 Å². The van der Waals surface area contributed by atoms with Crippen molar-refractivity contribution in [3.63, 3.8) is 0 Å². The molecule has 1 aliphatic heterocycles. The molecular weight excluding hydrogens is 258 g/mol. The van der Waals surface area contributed by atoms with Crippen LogP contribution in [-0.2, 0) is 4.79 Å². The lowest BCUT2D eigenvalue weighted by atomic mass is 10.1. The Morgan fingerprint density at radius 1 is 1.15 bits per heavy atom. The lowest BCUT2D eigenvalue weighted by molar-refractivity contribution is -0.137. The molecule has 0 aromatic carbocycles. The quantitative estimate of drug-likeness (QED) is 0.773. The van der Waals surface area contributed by atoms with Crippen molar-refractivity contribution in [1.82, 2.24) is 15.1 Å². The third-order valence-corrected chi connectivity index (χ3v) is 4.06. The van der Waals surface area contributed by atoms with Crippen molar-refractivity contribution in [3.05, 3.63) is 0 Å². The Labute approximate surface area is 121 Å². The molecule has 116 valence electrons. The second-order valence-corrected chi connectivity index (χ2v) is 5.43. The number of nitrogens with one attached hydrogen (secondary N) is 1. The van der Waals surface area contributed by atoms with E-state index in [9.17, 15) is 9.59 Å². The summed E-state index contributed by atoms with van der Waals surface area (Å²) in [4.78, 5) is 27.0. The zero-order valence-electron chi connectivity index (χ0n) is 12.8. The van der Waals surface area contributed by atoms with Gasteiger partial charge >= 0.3 is 12.0 Å². The van der Waals surface area contributed by atoms with E-state index >= 15 is 0 Å². The molecule has 2 unspecified atom stereocenters. The van der Waals surface area contributed by atoms with Crippen LogP contribution in [0, 0.1) is 0 Å². The molecule has 0 aliphatic carbocycles. The van der Waals surface area contributed by atoms with Crippen LogP contribution in [0.5, 0.6) is 0 Å². The van der Waals surface area contributed by atoms with Crippen LogP contribution >= 0.6 is 0 Å². The molecule has 0 saturated carbocycles. The number of carboxylic acid groups (broad SMARTS) is 1. The molecule has 20 heavy (non-hydrogen) atoms. The number of carboxylic acids is 1. The highest BCUT2D eigenvalue weighted by Crippen LogP contribution is 2.09. The van der Waals surface area contributed by atoms with E-state index in [0.29, 0.717) is 25.6 Å². The van der Waals surface area contributed by atoms with Gasteiger partial charge in [-0.05, 0) is 19.8 Å². The lowest BCUT2D eigenvalue weighted by Crippen LogP contribution is -2.55. The van der Waals surface area contributed by atoms with Gasteiger partial charge < -0.3 is 15.3 Å². The molecule has 0 radical (unpaired) electrons. The number of nitrogens with zero attached hydrogens (tertiary/aromatic N) is 2. The van der Waals surface area contributed by atoms with E-state index in [1.54, 1.807) is 4.90 Å². The first-order chi connectivity index (χ1) is 9.47. The Morgan fingerprint density at radius 3 is 2.20 bits per heavy atom. The van der Waals surface area contributed by atoms with Gasteiger partial charge in [-0.3, -0.25) is 9.69 Å². The topological polar surface area (TPSA) is 72.9 Å². The fraction of sp³-hybridized carbons (Fsp3) is 0.857. The van der Waals surface area contributed by atoms with Crippen LogP contribution in [0.1, 0.15) is 40.0 Å². The summed E-state index contributed by atoms with van der Waals surface area (Å²) in [6, 6.07) is 0.130. The molecule has 1 fully saturated rings. The van der Waals surface area contributed by atoms with Crippen LogP contribution < -0.4 is 5.32 Å². The van der Waals surface area contributed by atoms with Gasteiger partial charge in [-0.15, -0.1) is 0 Å². The summed E-state index contributed by atoms with van der Waals surface area (Å²) >= 11 is 0. The van der Waals surface area contributed by atoms with Crippen LogP contribution in [0.4, 0.5) is 4.79 Å². The maximum Gasteiger partial charge on any atom is 0.317 e. The molecule has 1 rings (SSSR count). The van der Waals surface area contributed by atoms with E-state index in [1.807, 2.05) is 6.92 Å². The maximum absolute atomic E-state index is 12.1. The number of piperazine rings is 1. The molecule has 2 N–H and O–H groups in total. The summed E-state index contributed by atoms with van der Waals surface area (Å²) < 4.78 is 0. The average molecular weight is 285 g/mol. The third kappa shape index (κ3) is 5.00. The molecular formula is C14H27N3O3. The predicted molar refractivity (Wildman–Crippen MR) is 77.8 cm³/mol. The minimum atomic E-state index is -0.876. The first kappa shape index (κ1) is 16.8. The van der Waals surface area contributed by atoms with Crippen LogP contribution in [0.3, 0.4) is 0 Å². The van der Waals surface area contributed by atoms with Crippen molar-refractivity contribution in [2.45, 2.75) is 52.1 Å². The highest BCUT2D eigenvalue weighted by molar-refractivity contribution is 5.76. The monoisotopic (exact) mass is 285 g/mol. The van der Waals surface area contributed by atoms with Gasteiger partial charge in [0.25, 0.3) is 0 Å². The van der Waals surface area contributed by atoms with Crippen LogP contribution in [0.15, 0.2) is 0 Å². The second kappa shape index (κ2) is 8.09. The number of hydrogen-bond donors (Lipinski definition) is 2. The summed E-state index contributed by atoms with van der Waals surface area (Å²) in [7, 11) is 0. The first-order valence-electron chi connectivity index (χ1n) is 7.49. The van der Waals surface area contributed by atoms with E-state index < -0.39 is 5.97 Å². The number of rotatable bonds is 6. The highest BCUT2D eigenvalue weighted by atomic mass is 16.4. The van der Waals surface area contributed by atoms with Gasteiger partial charge in [0.15, 0.2) is 0 Å². The number of urea groups is 1. The molecule has 1 saturated heterocycles. The van der Waals surface area contributed by atoms with Crippen molar-refractivity contribution < 1.29 is 14.7 Å². The lowest BCUT2D eigenvalue weighted by Gasteiger charge is -2.38. The van der Waals surface area contributed by atoms with Crippen LogP contribution in [0.2, 0.25) is 0 Å². The Hall–Kier alpha value is -1.30. The molecule has 2 amide bonds. The van der Waals surface area contributed by atoms with Crippen molar-refractivity contribution in [2.75, 3.05) is 26.2 Å². The van der Waals surface area contributed by atoms with E-state index in [1.165, 1.54) is 0 Å².